The van der Waals surface area contributed by atoms with Crippen LogP contribution in [0.3, 0.4) is 0 Å². The van der Waals surface area contributed by atoms with Gasteiger partial charge in [0, 0.05) is 11.5 Å². The second-order valence-electron chi connectivity index (χ2n) is 9.92. The van der Waals surface area contributed by atoms with Gasteiger partial charge < -0.3 is 0 Å². The van der Waals surface area contributed by atoms with Gasteiger partial charge in [0.15, 0.2) is 0 Å². The number of hydrogen-bond donors (Lipinski definition) is 0. The summed E-state index contributed by atoms with van der Waals surface area (Å²) in [4.78, 5) is 16.9. The minimum absolute atomic E-state index is 0.113. The van der Waals surface area contributed by atoms with Crippen LogP contribution in [0.15, 0.2) is 120 Å². The lowest BCUT2D eigenvalue weighted by atomic mass is 9.91. The molecule has 0 radical (unpaired) electrons. The summed E-state index contributed by atoms with van der Waals surface area (Å²) in [5.74, 6) is 0.113. The van der Waals surface area contributed by atoms with Gasteiger partial charge in [-0.05, 0) is 84.9 Å². The highest BCUT2D eigenvalue weighted by Crippen LogP contribution is 2.38. The van der Waals surface area contributed by atoms with E-state index < -0.39 is 0 Å². The lowest BCUT2D eigenvalue weighted by Crippen LogP contribution is -2.12. The van der Waals surface area contributed by atoms with Gasteiger partial charge in [0.25, 0.3) is 5.56 Å². The van der Waals surface area contributed by atoms with Crippen LogP contribution in [0.2, 0.25) is 0 Å². The van der Waals surface area contributed by atoms with Crippen LogP contribution in [0.4, 0.5) is 0 Å². The first-order chi connectivity index (χ1) is 19.2. The Bertz CT molecular complexity index is 2340. The smallest absolute Gasteiger partial charge is 0.257 e. The molecule has 0 aliphatic carbocycles. The van der Waals surface area contributed by atoms with Crippen LogP contribution >= 0.6 is 0 Å². The molecule has 6 aromatic carbocycles. The molecule has 4 nitrogen and oxygen atoms in total. The zero-order valence-corrected chi connectivity index (χ0v) is 20.7. The van der Waals surface area contributed by atoms with Crippen molar-refractivity contribution in [2.75, 3.05) is 0 Å². The van der Waals surface area contributed by atoms with Crippen molar-refractivity contribution in [2.45, 2.75) is 0 Å². The third-order valence-corrected chi connectivity index (χ3v) is 7.78. The summed E-state index contributed by atoms with van der Waals surface area (Å²) >= 11 is 0. The molecule has 2 heterocycles. The Kier molecular flexibility index (Phi) is 4.41. The minimum atomic E-state index is -0.243. The molecule has 2 aromatic heterocycles. The van der Waals surface area contributed by atoms with Gasteiger partial charge >= 0.3 is 0 Å². The molecule has 0 bridgehead atoms. The molecule has 0 saturated carbocycles. The van der Waals surface area contributed by atoms with Crippen molar-refractivity contribution < 1.29 is 0 Å². The maximum absolute atomic E-state index is 12.4. The number of nitrogens with zero attached hydrogens (tertiary/aromatic N) is 3. The quantitative estimate of drug-likeness (QED) is 0.228. The first-order valence-electron chi connectivity index (χ1n) is 12.8. The molecule has 0 aliphatic heterocycles. The first kappa shape index (κ1) is 21.5. The molecule has 180 valence electrons. The topological polar surface area (TPSA) is 58.2 Å². The second kappa shape index (κ2) is 7.98. The number of fused-ring (bicyclic) bond motifs is 6. The summed E-state index contributed by atoms with van der Waals surface area (Å²) in [6.45, 7) is 0. The zero-order chi connectivity index (χ0) is 26.1. The van der Waals surface area contributed by atoms with E-state index in [9.17, 15) is 10.1 Å². The Balaban J connectivity index is 1.32. The highest BCUT2D eigenvalue weighted by molar-refractivity contribution is 6.25. The van der Waals surface area contributed by atoms with E-state index in [0.717, 1.165) is 27.6 Å². The molecule has 39 heavy (non-hydrogen) atoms. The van der Waals surface area contributed by atoms with E-state index in [4.69, 9.17) is 0 Å². The zero-order valence-electron chi connectivity index (χ0n) is 20.7. The fourth-order valence-corrected chi connectivity index (χ4v) is 6.02. The van der Waals surface area contributed by atoms with Crippen LogP contribution in [-0.2, 0) is 0 Å². The third kappa shape index (κ3) is 3.11. The highest BCUT2D eigenvalue weighted by Gasteiger charge is 2.15. The Morgan fingerprint density at radius 1 is 0.564 bits per heavy atom. The summed E-state index contributed by atoms with van der Waals surface area (Å²) < 4.78 is 1.40. The normalized spacial score (nSPS) is 11.7. The van der Waals surface area contributed by atoms with Crippen LogP contribution in [-0.4, -0.2) is 9.38 Å². The molecule has 8 aromatic rings. The number of pyridine rings is 1. The van der Waals surface area contributed by atoms with E-state index in [2.05, 4.69) is 108 Å². The number of rotatable bonds is 2. The SMILES string of the molecule is N#Cc1nc2cc(-c3cccc(-c4ccc5c6ccccc6c6ccccc6c5c4)c3)cc3ccc(=O)n1c32. The number of benzene rings is 6. The Labute approximate surface area is 223 Å². The van der Waals surface area contributed by atoms with Crippen LogP contribution in [0.5, 0.6) is 0 Å². The highest BCUT2D eigenvalue weighted by atomic mass is 16.1. The average molecular weight is 498 g/mol. The maximum atomic E-state index is 12.4. The van der Waals surface area contributed by atoms with Gasteiger partial charge in [-0.15, -0.1) is 0 Å². The van der Waals surface area contributed by atoms with E-state index >= 15 is 0 Å². The second-order valence-corrected chi connectivity index (χ2v) is 9.92. The van der Waals surface area contributed by atoms with Crippen LogP contribution in [0.25, 0.3) is 71.0 Å². The van der Waals surface area contributed by atoms with Gasteiger partial charge in [0.05, 0.1) is 11.0 Å². The van der Waals surface area contributed by atoms with Gasteiger partial charge in [-0.3, -0.25) is 4.79 Å². The number of imidazole rings is 1. The largest absolute Gasteiger partial charge is 0.269 e. The lowest BCUT2D eigenvalue weighted by molar-refractivity contribution is 1.06. The number of aromatic nitrogens is 2. The third-order valence-electron chi connectivity index (χ3n) is 7.78. The summed E-state index contributed by atoms with van der Waals surface area (Å²) in [6.07, 6.45) is 0. The molecule has 0 amide bonds. The van der Waals surface area contributed by atoms with Crippen molar-refractivity contribution >= 4 is 48.7 Å². The van der Waals surface area contributed by atoms with E-state index in [0.29, 0.717) is 11.0 Å². The maximum Gasteiger partial charge on any atom is 0.257 e. The Hall–Kier alpha value is -5.53. The fourth-order valence-electron chi connectivity index (χ4n) is 6.02. The van der Waals surface area contributed by atoms with Gasteiger partial charge in [0.1, 0.15) is 6.07 Å². The molecular formula is C35H19N3O. The lowest BCUT2D eigenvalue weighted by Gasteiger charge is -2.12. The predicted octanol–water partition coefficient (Wildman–Crippen LogP) is 7.95. The first-order valence-corrected chi connectivity index (χ1v) is 12.8. The molecule has 0 saturated heterocycles. The summed E-state index contributed by atoms with van der Waals surface area (Å²) in [5, 5.41) is 17.9. The molecule has 0 N–H and O–H groups in total. The van der Waals surface area contributed by atoms with Gasteiger partial charge in [-0.2, -0.15) is 5.26 Å². The summed E-state index contributed by atoms with van der Waals surface area (Å²) in [6, 6.07) is 41.8. The van der Waals surface area contributed by atoms with Crippen molar-refractivity contribution in [3.63, 3.8) is 0 Å². The Morgan fingerprint density at radius 3 is 1.87 bits per heavy atom. The minimum Gasteiger partial charge on any atom is -0.269 e. The Morgan fingerprint density at radius 2 is 1.18 bits per heavy atom. The molecule has 4 heteroatoms. The monoisotopic (exact) mass is 497 g/mol. The molecule has 0 aliphatic rings. The van der Waals surface area contributed by atoms with Gasteiger partial charge in [-0.1, -0.05) is 78.9 Å². The van der Waals surface area contributed by atoms with Crippen LogP contribution < -0.4 is 5.56 Å². The molecule has 0 spiro atoms. The van der Waals surface area contributed by atoms with Crippen molar-refractivity contribution in [1.82, 2.24) is 9.38 Å². The fraction of sp³-hybridized carbons (Fsp3) is 0. The number of hydrogen-bond acceptors (Lipinski definition) is 3. The molecule has 0 fully saturated rings. The van der Waals surface area contributed by atoms with Crippen molar-refractivity contribution in [3.05, 3.63) is 131 Å². The van der Waals surface area contributed by atoms with E-state index in [1.54, 1.807) is 6.07 Å². The standard InChI is InChI=1S/C35H19N3O/c36-20-33-37-32-19-25(17-24-13-15-34(39)38(33)35(24)32)22-7-5-6-21(16-22)23-12-14-30-28-10-2-1-8-26(28)27-9-3-4-11-29(27)31(30)18-23/h1-19H. The van der Waals surface area contributed by atoms with Gasteiger partial charge in [-0.25, -0.2) is 9.38 Å². The summed E-state index contributed by atoms with van der Waals surface area (Å²) in [7, 11) is 0. The van der Waals surface area contributed by atoms with Crippen molar-refractivity contribution in [2.24, 2.45) is 0 Å². The molecule has 8 rings (SSSR count). The van der Waals surface area contributed by atoms with E-state index in [1.165, 1.54) is 42.8 Å². The number of nitriles is 1. The molecule has 0 unspecified atom stereocenters. The van der Waals surface area contributed by atoms with E-state index in [-0.39, 0.29) is 11.4 Å². The molecule has 0 atom stereocenters. The van der Waals surface area contributed by atoms with Crippen molar-refractivity contribution in [1.29, 1.82) is 5.26 Å². The summed E-state index contributed by atoms with van der Waals surface area (Å²) in [5.41, 5.74) is 5.40. The van der Waals surface area contributed by atoms with Crippen molar-refractivity contribution in [3.8, 4) is 28.3 Å². The van der Waals surface area contributed by atoms with Crippen LogP contribution in [0, 0.1) is 11.3 Å². The van der Waals surface area contributed by atoms with E-state index in [1.807, 2.05) is 6.07 Å². The van der Waals surface area contributed by atoms with Gasteiger partial charge in [0.2, 0.25) is 5.82 Å². The average Bonchev–Trinajstić information content (AvgIpc) is 3.39. The predicted molar refractivity (Wildman–Crippen MR) is 158 cm³/mol. The van der Waals surface area contributed by atoms with Crippen LogP contribution in [0.1, 0.15) is 5.82 Å². The molecular weight excluding hydrogens is 478 g/mol.